The van der Waals surface area contributed by atoms with Crippen LogP contribution >= 0.6 is 0 Å². The Morgan fingerprint density at radius 1 is 1.40 bits per heavy atom. The molecule has 2 aromatic heterocycles. The quantitative estimate of drug-likeness (QED) is 0.820. The minimum atomic E-state index is 0.115. The second-order valence-electron chi connectivity index (χ2n) is 7.19. The van der Waals surface area contributed by atoms with Crippen LogP contribution < -0.4 is 10.6 Å². The average molecular weight is 340 g/mol. The van der Waals surface area contributed by atoms with E-state index in [4.69, 9.17) is 0 Å². The Morgan fingerprint density at radius 3 is 3.12 bits per heavy atom. The number of aromatic nitrogens is 3. The van der Waals surface area contributed by atoms with E-state index in [2.05, 4.69) is 57.7 Å². The molecular weight excluding hydrogens is 312 g/mol. The van der Waals surface area contributed by atoms with Gasteiger partial charge in [0.2, 0.25) is 0 Å². The summed E-state index contributed by atoms with van der Waals surface area (Å²) in [6.07, 6.45) is 14.5. The molecule has 25 heavy (non-hydrogen) atoms. The number of nitrogens with one attached hydrogen (secondary N) is 2. The second kappa shape index (κ2) is 7.14. The number of aryl methyl sites for hydroxylation is 1. The van der Waals surface area contributed by atoms with Gasteiger partial charge in [0.05, 0.1) is 23.7 Å². The summed E-state index contributed by atoms with van der Waals surface area (Å²) in [5.41, 5.74) is 3.02. The van der Waals surface area contributed by atoms with E-state index in [1.807, 2.05) is 16.9 Å². The van der Waals surface area contributed by atoms with E-state index >= 15 is 0 Å². The average Bonchev–Trinajstić information content (AvgIpc) is 3.24. The molecule has 134 valence electrons. The van der Waals surface area contributed by atoms with Crippen molar-refractivity contribution in [1.82, 2.24) is 24.8 Å². The summed E-state index contributed by atoms with van der Waals surface area (Å²) in [5, 5.41) is 12.0. The van der Waals surface area contributed by atoms with E-state index in [1.54, 1.807) is 0 Å². The number of fused-ring (bicyclic) bond motifs is 1. The molecule has 0 amide bonds. The molecule has 0 bridgehead atoms. The van der Waals surface area contributed by atoms with Crippen LogP contribution in [0, 0.1) is 0 Å². The van der Waals surface area contributed by atoms with Crippen LogP contribution in [0.25, 0.3) is 5.65 Å². The first-order chi connectivity index (χ1) is 12.2. The molecular formula is C19H28N6. The summed E-state index contributed by atoms with van der Waals surface area (Å²) in [6.45, 7) is 5.71. The van der Waals surface area contributed by atoms with Gasteiger partial charge in [0, 0.05) is 18.4 Å². The lowest BCUT2D eigenvalue weighted by Gasteiger charge is -2.36. The maximum absolute atomic E-state index is 4.63. The maximum Gasteiger partial charge on any atom is 0.176 e. The molecule has 2 aliphatic heterocycles. The van der Waals surface area contributed by atoms with Gasteiger partial charge in [0.15, 0.2) is 5.65 Å². The molecule has 0 aliphatic carbocycles. The Morgan fingerprint density at radius 2 is 2.32 bits per heavy atom. The summed E-state index contributed by atoms with van der Waals surface area (Å²) < 4.78 is 1.87. The van der Waals surface area contributed by atoms with E-state index in [-0.39, 0.29) is 6.17 Å². The van der Waals surface area contributed by atoms with Crippen molar-refractivity contribution < 1.29 is 0 Å². The number of hydrogen-bond donors (Lipinski definition) is 2. The van der Waals surface area contributed by atoms with E-state index in [0.29, 0.717) is 12.2 Å². The van der Waals surface area contributed by atoms with Gasteiger partial charge in [-0.05, 0) is 45.2 Å². The molecule has 2 aromatic rings. The second-order valence-corrected chi connectivity index (χ2v) is 7.19. The molecule has 2 N–H and O–H groups in total. The van der Waals surface area contributed by atoms with Crippen molar-refractivity contribution in [3.8, 4) is 0 Å². The molecule has 6 heteroatoms. The first-order valence-corrected chi connectivity index (χ1v) is 9.53. The molecule has 1 saturated heterocycles. The lowest BCUT2D eigenvalue weighted by atomic mass is 10.1. The number of anilines is 1. The Bertz CT molecular complexity index is 751. The van der Waals surface area contributed by atoms with Crippen molar-refractivity contribution in [2.75, 3.05) is 11.9 Å². The third-order valence-corrected chi connectivity index (χ3v) is 5.29. The normalized spacial score (nSPS) is 27.2. The zero-order chi connectivity index (χ0) is 17.2. The van der Waals surface area contributed by atoms with Crippen LogP contribution in [0.1, 0.15) is 45.2 Å². The first kappa shape index (κ1) is 16.5. The maximum atomic E-state index is 4.63. The zero-order valence-corrected chi connectivity index (χ0v) is 15.2. The highest BCUT2D eigenvalue weighted by molar-refractivity contribution is 5.67. The van der Waals surface area contributed by atoms with Gasteiger partial charge in [0.1, 0.15) is 0 Å². The molecule has 2 aliphatic rings. The largest absolute Gasteiger partial charge is 0.363 e. The highest BCUT2D eigenvalue weighted by atomic mass is 15.3. The number of hydrogen-bond acceptors (Lipinski definition) is 5. The zero-order valence-electron chi connectivity index (χ0n) is 15.2. The fraction of sp³-hybridized carbons (Fsp3) is 0.579. The fourth-order valence-corrected chi connectivity index (χ4v) is 4.03. The summed E-state index contributed by atoms with van der Waals surface area (Å²) in [4.78, 5) is 7.07. The van der Waals surface area contributed by atoms with Crippen LogP contribution in [0.3, 0.4) is 0 Å². The van der Waals surface area contributed by atoms with E-state index in [9.17, 15) is 0 Å². The van der Waals surface area contributed by atoms with E-state index in [0.717, 1.165) is 36.3 Å². The van der Waals surface area contributed by atoms with Crippen molar-refractivity contribution in [3.05, 3.63) is 36.3 Å². The van der Waals surface area contributed by atoms with Gasteiger partial charge < -0.3 is 5.32 Å². The summed E-state index contributed by atoms with van der Waals surface area (Å²) in [6, 6.07) is 2.81. The molecule has 0 aromatic carbocycles. The summed E-state index contributed by atoms with van der Waals surface area (Å²) >= 11 is 0. The Kier molecular flexibility index (Phi) is 4.72. The van der Waals surface area contributed by atoms with Gasteiger partial charge in [-0.25, -0.2) is 9.50 Å². The highest BCUT2D eigenvalue weighted by Crippen LogP contribution is 2.23. The smallest absolute Gasteiger partial charge is 0.176 e. The van der Waals surface area contributed by atoms with Crippen LogP contribution in [-0.2, 0) is 6.42 Å². The minimum absolute atomic E-state index is 0.115. The summed E-state index contributed by atoms with van der Waals surface area (Å²) in [7, 11) is 0. The predicted octanol–water partition coefficient (Wildman–Crippen LogP) is 2.78. The van der Waals surface area contributed by atoms with E-state index in [1.165, 1.54) is 19.4 Å². The summed E-state index contributed by atoms with van der Waals surface area (Å²) in [5.74, 6) is 0. The molecule has 1 fully saturated rings. The molecule has 6 nitrogen and oxygen atoms in total. The molecule has 3 atom stereocenters. The van der Waals surface area contributed by atoms with Crippen molar-refractivity contribution >= 4 is 11.3 Å². The Labute approximate surface area is 149 Å². The third-order valence-electron chi connectivity index (χ3n) is 5.29. The van der Waals surface area contributed by atoms with Gasteiger partial charge in [-0.15, -0.1) is 0 Å². The number of nitrogens with zero attached hydrogens (tertiary/aromatic N) is 4. The lowest BCUT2D eigenvalue weighted by molar-refractivity contribution is 0.150. The molecule has 0 saturated carbocycles. The molecule has 0 radical (unpaired) electrons. The monoisotopic (exact) mass is 340 g/mol. The van der Waals surface area contributed by atoms with Crippen molar-refractivity contribution in [2.45, 2.75) is 64.3 Å². The van der Waals surface area contributed by atoms with Crippen LogP contribution in [0.2, 0.25) is 0 Å². The Balaban J connectivity index is 1.53. The molecule has 4 heterocycles. The molecule has 0 spiro atoms. The Hall–Kier alpha value is -1.92. The van der Waals surface area contributed by atoms with Crippen LogP contribution in [0.5, 0.6) is 0 Å². The minimum Gasteiger partial charge on any atom is -0.363 e. The van der Waals surface area contributed by atoms with Crippen LogP contribution in [0.15, 0.2) is 30.6 Å². The van der Waals surface area contributed by atoms with Crippen molar-refractivity contribution in [2.24, 2.45) is 0 Å². The van der Waals surface area contributed by atoms with Crippen LogP contribution in [0.4, 0.5) is 5.69 Å². The number of imidazole rings is 1. The fourth-order valence-electron chi connectivity index (χ4n) is 4.03. The van der Waals surface area contributed by atoms with Gasteiger partial charge in [-0.2, -0.15) is 5.10 Å². The third kappa shape index (κ3) is 3.41. The van der Waals surface area contributed by atoms with Gasteiger partial charge >= 0.3 is 0 Å². The van der Waals surface area contributed by atoms with Crippen LogP contribution in [-0.4, -0.2) is 44.4 Å². The molecule has 4 rings (SSSR count). The van der Waals surface area contributed by atoms with Gasteiger partial charge in [-0.3, -0.25) is 10.2 Å². The van der Waals surface area contributed by atoms with E-state index < -0.39 is 0 Å². The standard InChI is InChI=1S/C19H28N6/c1-3-6-15-13-16(19-20-10-12-25(19)23-15)21-17-8-4-9-18(22-17)24-11-5-7-14(24)2/h4,8,10,12-14,17-18,21-22H,3,5-7,9,11H2,1-2H3. The highest BCUT2D eigenvalue weighted by Gasteiger charge is 2.29. The number of likely N-dealkylation sites (tertiary alicyclic amines) is 1. The first-order valence-electron chi connectivity index (χ1n) is 9.53. The SMILES string of the molecule is CCCc1cc(NC2C=CCC(N3CCCC3C)N2)c2nccn2n1. The molecule has 3 unspecified atom stereocenters. The van der Waals surface area contributed by atoms with Crippen molar-refractivity contribution in [3.63, 3.8) is 0 Å². The topological polar surface area (TPSA) is 57.5 Å². The number of rotatable bonds is 5. The predicted molar refractivity (Wildman–Crippen MR) is 100 cm³/mol. The van der Waals surface area contributed by atoms with Gasteiger partial charge in [-0.1, -0.05) is 25.5 Å². The van der Waals surface area contributed by atoms with Gasteiger partial charge in [0.25, 0.3) is 0 Å². The lowest BCUT2D eigenvalue weighted by Crippen LogP contribution is -2.54. The van der Waals surface area contributed by atoms with Crippen molar-refractivity contribution in [1.29, 1.82) is 0 Å².